The van der Waals surface area contributed by atoms with E-state index in [4.69, 9.17) is 5.73 Å². The highest BCUT2D eigenvalue weighted by Crippen LogP contribution is 2.17. The molecule has 0 aliphatic rings. The van der Waals surface area contributed by atoms with Crippen molar-refractivity contribution in [3.63, 3.8) is 0 Å². The van der Waals surface area contributed by atoms with E-state index in [1.54, 1.807) is 12.1 Å². The maximum absolute atomic E-state index is 12.3. The van der Waals surface area contributed by atoms with Gasteiger partial charge in [0, 0.05) is 6.04 Å². The van der Waals surface area contributed by atoms with Crippen molar-refractivity contribution in [1.29, 1.82) is 0 Å². The Balaban J connectivity index is 2.16. The minimum absolute atomic E-state index is 0.0245. The number of para-hydroxylation sites is 1. The Hall–Kier alpha value is -1.89. The third-order valence-electron chi connectivity index (χ3n) is 3.08. The Morgan fingerprint density at radius 3 is 2.29 bits per heavy atom. The van der Waals surface area contributed by atoms with E-state index in [9.17, 15) is 13.5 Å². The lowest BCUT2D eigenvalue weighted by Gasteiger charge is -2.17. The number of nitrogen functional groups attached to an aromatic ring is 1. The number of sulfonamides is 1. The summed E-state index contributed by atoms with van der Waals surface area (Å²) >= 11 is 0. The fourth-order valence-corrected chi connectivity index (χ4v) is 3.41. The highest BCUT2D eigenvalue weighted by Gasteiger charge is 2.21. The third-order valence-corrected chi connectivity index (χ3v) is 4.67. The number of nitrogens with two attached hydrogens (primary N) is 1. The number of nitrogens with one attached hydrogen (secondary N) is 1. The van der Waals surface area contributed by atoms with E-state index < -0.39 is 16.1 Å². The van der Waals surface area contributed by atoms with Crippen LogP contribution >= 0.6 is 0 Å². The third kappa shape index (κ3) is 4.04. The molecule has 0 spiro atoms. The monoisotopic (exact) mass is 306 g/mol. The molecule has 0 fully saturated rings. The molecule has 0 saturated heterocycles. The molecule has 2 rings (SSSR count). The minimum atomic E-state index is -3.76. The molecule has 4 N–H and O–H groups in total. The van der Waals surface area contributed by atoms with E-state index in [2.05, 4.69) is 4.72 Å². The molecule has 112 valence electrons. The second kappa shape index (κ2) is 6.71. The predicted octanol–water partition coefficient (Wildman–Crippen LogP) is 1.15. The zero-order valence-corrected chi connectivity index (χ0v) is 12.3. The highest BCUT2D eigenvalue weighted by molar-refractivity contribution is 7.89. The van der Waals surface area contributed by atoms with Gasteiger partial charge in [-0.15, -0.1) is 0 Å². The first kappa shape index (κ1) is 15.5. The van der Waals surface area contributed by atoms with E-state index in [0.717, 1.165) is 5.56 Å². The van der Waals surface area contributed by atoms with Gasteiger partial charge in [0.15, 0.2) is 0 Å². The van der Waals surface area contributed by atoms with Crippen LogP contribution in [0.5, 0.6) is 0 Å². The zero-order chi connectivity index (χ0) is 15.3. The summed E-state index contributed by atoms with van der Waals surface area (Å²) in [4.78, 5) is 0.0245. The molecule has 0 aliphatic carbocycles. The van der Waals surface area contributed by atoms with E-state index >= 15 is 0 Å². The van der Waals surface area contributed by atoms with Crippen LogP contribution in [0, 0.1) is 0 Å². The van der Waals surface area contributed by atoms with Gasteiger partial charge in [-0.2, -0.15) is 0 Å². The molecule has 0 aliphatic heterocycles. The summed E-state index contributed by atoms with van der Waals surface area (Å²) in [5.41, 5.74) is 6.82. The molecular weight excluding hydrogens is 288 g/mol. The van der Waals surface area contributed by atoms with Crippen LogP contribution in [0.25, 0.3) is 0 Å². The summed E-state index contributed by atoms with van der Waals surface area (Å²) in [7, 11) is -3.76. The number of anilines is 1. The molecule has 0 aromatic heterocycles. The lowest BCUT2D eigenvalue weighted by molar-refractivity contribution is 0.256. The first-order valence-corrected chi connectivity index (χ1v) is 8.03. The maximum atomic E-state index is 12.3. The summed E-state index contributed by atoms with van der Waals surface area (Å²) in [6.45, 7) is -0.291. The van der Waals surface area contributed by atoms with Crippen molar-refractivity contribution in [2.24, 2.45) is 0 Å². The quantitative estimate of drug-likeness (QED) is 0.698. The highest BCUT2D eigenvalue weighted by atomic mass is 32.2. The molecule has 6 heteroatoms. The average Bonchev–Trinajstić information content (AvgIpc) is 2.47. The fourth-order valence-electron chi connectivity index (χ4n) is 2.05. The number of hydrogen-bond acceptors (Lipinski definition) is 4. The molecule has 21 heavy (non-hydrogen) atoms. The van der Waals surface area contributed by atoms with Crippen molar-refractivity contribution >= 4 is 15.7 Å². The van der Waals surface area contributed by atoms with Crippen molar-refractivity contribution in [3.8, 4) is 0 Å². The molecule has 0 bridgehead atoms. The molecule has 2 aromatic rings. The van der Waals surface area contributed by atoms with Crippen molar-refractivity contribution in [2.45, 2.75) is 17.4 Å². The summed E-state index contributed by atoms with van der Waals surface area (Å²) in [5, 5.41) is 9.41. The van der Waals surface area contributed by atoms with Gasteiger partial charge < -0.3 is 10.8 Å². The number of aliphatic hydroxyl groups excluding tert-OH is 1. The van der Waals surface area contributed by atoms with Crippen LogP contribution in [0.2, 0.25) is 0 Å². The van der Waals surface area contributed by atoms with Gasteiger partial charge in [-0.3, -0.25) is 0 Å². The lowest BCUT2D eigenvalue weighted by atomic mass is 10.1. The van der Waals surface area contributed by atoms with Crippen LogP contribution in [-0.2, 0) is 16.4 Å². The summed E-state index contributed by atoms with van der Waals surface area (Å²) in [6.07, 6.45) is 0.406. The van der Waals surface area contributed by atoms with Crippen LogP contribution in [0.1, 0.15) is 5.56 Å². The molecule has 0 unspecified atom stereocenters. The normalized spacial score (nSPS) is 13.0. The lowest BCUT2D eigenvalue weighted by Crippen LogP contribution is -2.39. The topological polar surface area (TPSA) is 92.4 Å². The van der Waals surface area contributed by atoms with Crippen molar-refractivity contribution in [1.82, 2.24) is 4.72 Å². The maximum Gasteiger partial charge on any atom is 0.242 e. The van der Waals surface area contributed by atoms with Crippen LogP contribution in [0.4, 0.5) is 5.69 Å². The Kier molecular flexibility index (Phi) is 4.95. The van der Waals surface area contributed by atoms with Gasteiger partial charge >= 0.3 is 0 Å². The van der Waals surface area contributed by atoms with Gasteiger partial charge in [-0.1, -0.05) is 42.5 Å². The molecule has 0 saturated carbocycles. The average molecular weight is 306 g/mol. The molecule has 1 atom stereocenters. The first-order valence-electron chi connectivity index (χ1n) is 6.54. The largest absolute Gasteiger partial charge is 0.398 e. The summed E-state index contributed by atoms with van der Waals surface area (Å²) in [6, 6.07) is 15.0. The molecule has 2 aromatic carbocycles. The second-order valence-electron chi connectivity index (χ2n) is 4.73. The van der Waals surface area contributed by atoms with Gasteiger partial charge in [0.05, 0.1) is 12.3 Å². The molecular formula is C15H18N2O3S. The van der Waals surface area contributed by atoms with E-state index in [1.807, 2.05) is 30.3 Å². The van der Waals surface area contributed by atoms with E-state index in [0.29, 0.717) is 6.42 Å². The number of hydrogen-bond donors (Lipinski definition) is 3. The van der Waals surface area contributed by atoms with Crippen molar-refractivity contribution in [2.75, 3.05) is 12.3 Å². The van der Waals surface area contributed by atoms with E-state index in [1.165, 1.54) is 12.1 Å². The Morgan fingerprint density at radius 2 is 1.67 bits per heavy atom. The Labute approximate surface area is 124 Å². The summed E-state index contributed by atoms with van der Waals surface area (Å²) < 4.78 is 27.1. The van der Waals surface area contributed by atoms with Crippen LogP contribution < -0.4 is 10.5 Å². The second-order valence-corrected chi connectivity index (χ2v) is 6.41. The van der Waals surface area contributed by atoms with Crippen LogP contribution in [0.15, 0.2) is 59.5 Å². The zero-order valence-electron chi connectivity index (χ0n) is 11.4. The van der Waals surface area contributed by atoms with Gasteiger partial charge in [0.1, 0.15) is 4.90 Å². The minimum Gasteiger partial charge on any atom is -0.398 e. The first-order chi connectivity index (χ1) is 10.0. The SMILES string of the molecule is Nc1ccccc1S(=O)(=O)N[C@H](CO)Cc1ccccc1. The number of benzene rings is 2. The van der Waals surface area contributed by atoms with Crippen molar-refractivity contribution in [3.05, 3.63) is 60.2 Å². The molecule has 0 amide bonds. The number of aliphatic hydroxyl groups is 1. The molecule has 5 nitrogen and oxygen atoms in total. The van der Waals surface area contributed by atoms with Gasteiger partial charge in [0.25, 0.3) is 0 Å². The van der Waals surface area contributed by atoms with E-state index in [-0.39, 0.29) is 17.2 Å². The van der Waals surface area contributed by atoms with Crippen LogP contribution in [0.3, 0.4) is 0 Å². The Bertz CT molecular complexity index is 687. The predicted molar refractivity (Wildman–Crippen MR) is 82.2 cm³/mol. The van der Waals surface area contributed by atoms with Gasteiger partial charge in [0.2, 0.25) is 10.0 Å². The van der Waals surface area contributed by atoms with Crippen LogP contribution in [-0.4, -0.2) is 26.2 Å². The standard InChI is InChI=1S/C15H18N2O3S/c16-14-8-4-5-9-15(14)21(19,20)17-13(11-18)10-12-6-2-1-3-7-12/h1-9,13,17-18H,10-11,16H2/t13-/m0/s1. The summed E-state index contributed by atoms with van der Waals surface area (Å²) in [5.74, 6) is 0. The molecule has 0 radical (unpaired) electrons. The molecule has 0 heterocycles. The van der Waals surface area contributed by atoms with Crippen molar-refractivity contribution < 1.29 is 13.5 Å². The fraction of sp³-hybridized carbons (Fsp3) is 0.200. The van der Waals surface area contributed by atoms with Gasteiger partial charge in [-0.25, -0.2) is 13.1 Å². The Morgan fingerprint density at radius 1 is 1.05 bits per heavy atom. The smallest absolute Gasteiger partial charge is 0.242 e. The van der Waals surface area contributed by atoms with Gasteiger partial charge in [-0.05, 0) is 24.1 Å². The number of rotatable bonds is 6.